The van der Waals surface area contributed by atoms with Crippen LogP contribution in [0.1, 0.15) is 32.8 Å². The third kappa shape index (κ3) is 7.34. The highest BCUT2D eigenvalue weighted by Gasteiger charge is 2.12. The van der Waals surface area contributed by atoms with Gasteiger partial charge in [-0.1, -0.05) is 6.07 Å². The molecule has 0 saturated carbocycles. The second-order valence-electron chi connectivity index (χ2n) is 6.58. The highest BCUT2D eigenvalue weighted by molar-refractivity contribution is 5.40. The molecule has 0 fully saturated rings. The Kier molecular flexibility index (Phi) is 6.99. The second-order valence-corrected chi connectivity index (χ2v) is 6.58. The fourth-order valence-electron chi connectivity index (χ4n) is 1.87. The number of nitrogens with zero attached hydrogens (tertiary/aromatic N) is 1. The molecule has 0 aliphatic rings. The zero-order valence-electron chi connectivity index (χ0n) is 14.3. The molecule has 1 N–H and O–H groups in total. The van der Waals surface area contributed by atoms with E-state index in [-0.39, 0.29) is 5.54 Å². The topological polar surface area (TPSA) is 33.7 Å². The first-order chi connectivity index (χ1) is 9.81. The van der Waals surface area contributed by atoms with E-state index in [1.54, 1.807) is 7.11 Å². The molecule has 0 aromatic heterocycles. The van der Waals surface area contributed by atoms with Gasteiger partial charge < -0.3 is 19.7 Å². The van der Waals surface area contributed by atoms with Crippen LogP contribution in [0.25, 0.3) is 0 Å². The van der Waals surface area contributed by atoms with E-state index in [4.69, 9.17) is 9.47 Å². The summed E-state index contributed by atoms with van der Waals surface area (Å²) in [6.07, 6.45) is 1.01. The van der Waals surface area contributed by atoms with Gasteiger partial charge in [0.05, 0.1) is 13.7 Å². The van der Waals surface area contributed by atoms with Gasteiger partial charge in [0.2, 0.25) is 0 Å². The molecular formula is C17H30N2O2. The van der Waals surface area contributed by atoms with Gasteiger partial charge in [-0.25, -0.2) is 0 Å². The Labute approximate surface area is 129 Å². The summed E-state index contributed by atoms with van der Waals surface area (Å²) in [6, 6.07) is 6.01. The molecule has 0 unspecified atom stereocenters. The molecule has 4 nitrogen and oxygen atoms in total. The summed E-state index contributed by atoms with van der Waals surface area (Å²) in [4.78, 5) is 2.16. The molecule has 1 aromatic carbocycles. The number of nitrogens with one attached hydrogen (secondary N) is 1. The molecule has 0 bridgehead atoms. The van der Waals surface area contributed by atoms with Crippen LogP contribution in [0.2, 0.25) is 0 Å². The van der Waals surface area contributed by atoms with Crippen molar-refractivity contribution in [1.82, 2.24) is 10.2 Å². The van der Waals surface area contributed by atoms with E-state index in [2.05, 4.69) is 51.1 Å². The molecule has 1 aromatic rings. The minimum atomic E-state index is 0.0854. The normalized spacial score (nSPS) is 11.8. The van der Waals surface area contributed by atoms with Gasteiger partial charge in [0.15, 0.2) is 0 Å². The van der Waals surface area contributed by atoms with E-state index in [0.29, 0.717) is 6.61 Å². The molecule has 0 spiro atoms. The van der Waals surface area contributed by atoms with Crippen molar-refractivity contribution in [2.24, 2.45) is 0 Å². The van der Waals surface area contributed by atoms with Crippen LogP contribution >= 0.6 is 0 Å². The highest BCUT2D eigenvalue weighted by Crippen LogP contribution is 2.25. The Morgan fingerprint density at radius 1 is 1.19 bits per heavy atom. The van der Waals surface area contributed by atoms with Crippen LogP contribution in [0.3, 0.4) is 0 Å². The lowest BCUT2D eigenvalue weighted by Gasteiger charge is -2.22. The molecule has 0 heterocycles. The molecule has 4 heteroatoms. The summed E-state index contributed by atoms with van der Waals surface area (Å²) in [7, 11) is 5.83. The van der Waals surface area contributed by atoms with Gasteiger partial charge in [-0.15, -0.1) is 0 Å². The predicted octanol–water partition coefficient (Wildman–Crippen LogP) is 2.91. The van der Waals surface area contributed by atoms with Crippen LogP contribution in [-0.2, 0) is 6.54 Å². The van der Waals surface area contributed by atoms with Gasteiger partial charge in [-0.05, 0) is 47.4 Å². The van der Waals surface area contributed by atoms with Crippen LogP contribution in [0.5, 0.6) is 11.5 Å². The summed E-state index contributed by atoms with van der Waals surface area (Å²) in [5.41, 5.74) is 1.25. The number of benzene rings is 1. The molecule has 120 valence electrons. The number of methoxy groups -OCH3 is 1. The van der Waals surface area contributed by atoms with Gasteiger partial charge in [-0.3, -0.25) is 0 Å². The Hall–Kier alpha value is -1.26. The standard InChI is InChI=1S/C17H30N2O2/c1-17(2,3)18-13-14-8-9-15(20-6)12-16(14)21-11-7-10-19(4)5/h8-9,12,18H,7,10-11,13H2,1-6H3. The molecule has 0 amide bonds. The van der Waals surface area contributed by atoms with Crippen molar-refractivity contribution in [1.29, 1.82) is 0 Å². The first-order valence-corrected chi connectivity index (χ1v) is 7.51. The Morgan fingerprint density at radius 3 is 2.48 bits per heavy atom. The summed E-state index contributed by atoms with van der Waals surface area (Å²) >= 11 is 0. The van der Waals surface area contributed by atoms with Gasteiger partial charge in [0.1, 0.15) is 11.5 Å². The van der Waals surface area contributed by atoms with Crippen molar-refractivity contribution in [3.05, 3.63) is 23.8 Å². The molecule has 0 aliphatic heterocycles. The lowest BCUT2D eigenvalue weighted by Crippen LogP contribution is -2.35. The molecule has 0 saturated heterocycles. The van der Waals surface area contributed by atoms with Crippen molar-refractivity contribution in [2.75, 3.05) is 34.4 Å². The third-order valence-corrected chi connectivity index (χ3v) is 3.09. The molecule has 0 atom stereocenters. The van der Waals surface area contributed by atoms with Gasteiger partial charge in [-0.2, -0.15) is 0 Å². The Balaban J connectivity index is 2.68. The van der Waals surface area contributed by atoms with Crippen molar-refractivity contribution in [2.45, 2.75) is 39.3 Å². The average Bonchev–Trinajstić information content (AvgIpc) is 2.40. The summed E-state index contributed by atoms with van der Waals surface area (Å²) in [5.74, 6) is 1.74. The smallest absolute Gasteiger partial charge is 0.127 e. The zero-order valence-corrected chi connectivity index (χ0v) is 14.3. The van der Waals surface area contributed by atoms with Crippen molar-refractivity contribution >= 4 is 0 Å². The maximum Gasteiger partial charge on any atom is 0.127 e. The lowest BCUT2D eigenvalue weighted by molar-refractivity contribution is 0.276. The van der Waals surface area contributed by atoms with Crippen LogP contribution in [0, 0.1) is 0 Å². The Bertz CT molecular complexity index is 425. The van der Waals surface area contributed by atoms with Crippen LogP contribution in [0.15, 0.2) is 18.2 Å². The quantitative estimate of drug-likeness (QED) is 0.748. The third-order valence-electron chi connectivity index (χ3n) is 3.09. The van der Waals surface area contributed by atoms with E-state index in [9.17, 15) is 0 Å². The van der Waals surface area contributed by atoms with E-state index < -0.39 is 0 Å². The number of hydrogen-bond donors (Lipinski definition) is 1. The van der Waals surface area contributed by atoms with Gasteiger partial charge in [0.25, 0.3) is 0 Å². The van der Waals surface area contributed by atoms with E-state index >= 15 is 0 Å². The summed E-state index contributed by atoms with van der Waals surface area (Å²) in [6.45, 7) is 9.01. The second kappa shape index (κ2) is 8.25. The first kappa shape index (κ1) is 17.8. The van der Waals surface area contributed by atoms with Crippen LogP contribution < -0.4 is 14.8 Å². The fourth-order valence-corrected chi connectivity index (χ4v) is 1.87. The van der Waals surface area contributed by atoms with Gasteiger partial charge in [0, 0.05) is 30.3 Å². The van der Waals surface area contributed by atoms with Crippen molar-refractivity contribution < 1.29 is 9.47 Å². The first-order valence-electron chi connectivity index (χ1n) is 7.51. The minimum absolute atomic E-state index is 0.0854. The van der Waals surface area contributed by atoms with E-state index in [0.717, 1.165) is 36.6 Å². The van der Waals surface area contributed by atoms with E-state index in [1.807, 2.05) is 12.1 Å². The maximum absolute atomic E-state index is 5.95. The molecule has 0 radical (unpaired) electrons. The summed E-state index contributed by atoms with van der Waals surface area (Å²) < 4.78 is 11.2. The monoisotopic (exact) mass is 294 g/mol. The predicted molar refractivity (Wildman–Crippen MR) is 88.3 cm³/mol. The molecule has 21 heavy (non-hydrogen) atoms. The van der Waals surface area contributed by atoms with Crippen LogP contribution in [-0.4, -0.2) is 44.8 Å². The zero-order chi connectivity index (χ0) is 15.9. The van der Waals surface area contributed by atoms with Crippen molar-refractivity contribution in [3.63, 3.8) is 0 Å². The van der Waals surface area contributed by atoms with E-state index in [1.165, 1.54) is 0 Å². The average molecular weight is 294 g/mol. The lowest BCUT2D eigenvalue weighted by atomic mass is 10.1. The molecular weight excluding hydrogens is 264 g/mol. The minimum Gasteiger partial charge on any atom is -0.497 e. The maximum atomic E-state index is 5.95. The largest absolute Gasteiger partial charge is 0.497 e. The number of rotatable bonds is 8. The Morgan fingerprint density at radius 2 is 1.90 bits per heavy atom. The van der Waals surface area contributed by atoms with Crippen LogP contribution in [0.4, 0.5) is 0 Å². The molecule has 0 aliphatic carbocycles. The fraction of sp³-hybridized carbons (Fsp3) is 0.647. The SMILES string of the molecule is COc1ccc(CNC(C)(C)C)c(OCCCN(C)C)c1. The van der Waals surface area contributed by atoms with Gasteiger partial charge >= 0.3 is 0 Å². The number of hydrogen-bond acceptors (Lipinski definition) is 4. The summed E-state index contributed by atoms with van der Waals surface area (Å²) in [5, 5.41) is 3.50. The highest BCUT2D eigenvalue weighted by atomic mass is 16.5. The number of ether oxygens (including phenoxy) is 2. The van der Waals surface area contributed by atoms with Crippen molar-refractivity contribution in [3.8, 4) is 11.5 Å². The molecule has 1 rings (SSSR count).